The molecule has 1 heterocycles. The molecular formula is C18H17NO2. The van der Waals surface area contributed by atoms with E-state index < -0.39 is 0 Å². The Bertz CT molecular complexity index is 861. The van der Waals surface area contributed by atoms with Crippen LogP contribution in [0.3, 0.4) is 0 Å². The molecular weight excluding hydrogens is 262 g/mol. The molecule has 3 heteroatoms. The monoisotopic (exact) mass is 279 g/mol. The van der Waals surface area contributed by atoms with E-state index in [0.29, 0.717) is 11.5 Å². The number of phenols is 2. The molecule has 3 nitrogen and oxygen atoms in total. The van der Waals surface area contributed by atoms with E-state index in [0.717, 1.165) is 30.5 Å². The van der Waals surface area contributed by atoms with Gasteiger partial charge in [-0.05, 0) is 55.2 Å². The smallest absolute Gasteiger partial charge is 0.117 e. The van der Waals surface area contributed by atoms with E-state index in [-0.39, 0.29) is 0 Å². The van der Waals surface area contributed by atoms with E-state index in [1.54, 1.807) is 12.1 Å². The van der Waals surface area contributed by atoms with E-state index in [1.807, 2.05) is 24.3 Å². The number of hydrogen-bond acceptors (Lipinski definition) is 2. The van der Waals surface area contributed by atoms with Gasteiger partial charge in [0.15, 0.2) is 0 Å². The predicted molar refractivity (Wildman–Crippen MR) is 83.8 cm³/mol. The first-order valence-electron chi connectivity index (χ1n) is 7.35. The number of benzene rings is 2. The molecule has 0 radical (unpaired) electrons. The molecule has 0 unspecified atom stereocenters. The first-order chi connectivity index (χ1) is 10.2. The van der Waals surface area contributed by atoms with Crippen LogP contribution < -0.4 is 0 Å². The molecule has 0 spiro atoms. The first kappa shape index (κ1) is 12.3. The van der Waals surface area contributed by atoms with Gasteiger partial charge in [0.05, 0.1) is 11.2 Å². The summed E-state index contributed by atoms with van der Waals surface area (Å²) < 4.78 is 2.24. The summed E-state index contributed by atoms with van der Waals surface area (Å²) in [4.78, 5) is 0. The van der Waals surface area contributed by atoms with Crippen LogP contribution in [0.4, 0.5) is 0 Å². The first-order valence-corrected chi connectivity index (χ1v) is 7.35. The van der Waals surface area contributed by atoms with Crippen LogP contribution in [0.1, 0.15) is 18.1 Å². The quantitative estimate of drug-likeness (QED) is 0.711. The van der Waals surface area contributed by atoms with Gasteiger partial charge in [-0.3, -0.25) is 0 Å². The fourth-order valence-corrected chi connectivity index (χ4v) is 3.56. The Morgan fingerprint density at radius 3 is 2.57 bits per heavy atom. The van der Waals surface area contributed by atoms with Crippen molar-refractivity contribution in [2.75, 3.05) is 0 Å². The van der Waals surface area contributed by atoms with E-state index in [1.165, 1.54) is 22.2 Å². The van der Waals surface area contributed by atoms with Crippen molar-refractivity contribution >= 4 is 10.9 Å². The standard InChI is InChI=1S/C18H17NO2/c1-2-19-17-10-13(21)6-8-14(17)15-7-4-11-3-5-12(20)9-16(11)18(15)19/h3,5-6,8-10,20-21H,2,4,7H2,1H3. The molecule has 0 bridgehead atoms. The lowest BCUT2D eigenvalue weighted by Gasteiger charge is -2.19. The summed E-state index contributed by atoms with van der Waals surface area (Å²) in [5.41, 5.74) is 5.98. The maximum absolute atomic E-state index is 9.85. The summed E-state index contributed by atoms with van der Waals surface area (Å²) in [5.74, 6) is 0.598. The fourth-order valence-electron chi connectivity index (χ4n) is 3.56. The van der Waals surface area contributed by atoms with Gasteiger partial charge in [-0.25, -0.2) is 0 Å². The fraction of sp³-hybridized carbons (Fsp3) is 0.222. The zero-order chi connectivity index (χ0) is 14.6. The highest BCUT2D eigenvalue weighted by molar-refractivity contribution is 5.94. The molecule has 3 aromatic rings. The van der Waals surface area contributed by atoms with Gasteiger partial charge in [0.25, 0.3) is 0 Å². The van der Waals surface area contributed by atoms with Crippen molar-refractivity contribution in [2.24, 2.45) is 0 Å². The zero-order valence-corrected chi connectivity index (χ0v) is 11.9. The second-order valence-corrected chi connectivity index (χ2v) is 5.61. The van der Waals surface area contributed by atoms with E-state index >= 15 is 0 Å². The Kier molecular flexibility index (Phi) is 2.52. The average Bonchev–Trinajstić information content (AvgIpc) is 2.80. The van der Waals surface area contributed by atoms with Gasteiger partial charge >= 0.3 is 0 Å². The Morgan fingerprint density at radius 1 is 1.00 bits per heavy atom. The Hall–Kier alpha value is -2.42. The molecule has 0 saturated carbocycles. The number of aryl methyl sites for hydroxylation is 3. The second kappa shape index (κ2) is 4.29. The van der Waals surface area contributed by atoms with Crippen molar-refractivity contribution in [3.63, 3.8) is 0 Å². The number of phenolic OH excluding ortho intramolecular Hbond substituents is 2. The van der Waals surface area contributed by atoms with Crippen molar-refractivity contribution in [3.8, 4) is 22.8 Å². The van der Waals surface area contributed by atoms with Crippen molar-refractivity contribution in [1.29, 1.82) is 0 Å². The number of rotatable bonds is 1. The molecule has 2 aromatic carbocycles. The van der Waals surface area contributed by atoms with Gasteiger partial charge in [-0.15, -0.1) is 0 Å². The molecule has 0 aliphatic heterocycles. The normalized spacial score (nSPS) is 13.2. The van der Waals surface area contributed by atoms with Crippen LogP contribution in [0.2, 0.25) is 0 Å². The molecule has 106 valence electrons. The van der Waals surface area contributed by atoms with Crippen molar-refractivity contribution < 1.29 is 10.2 Å². The van der Waals surface area contributed by atoms with Crippen molar-refractivity contribution in [1.82, 2.24) is 4.57 Å². The SMILES string of the molecule is CCn1c2c(c3ccc(O)cc31)CCc1ccc(O)cc1-2. The molecule has 1 aliphatic rings. The minimum Gasteiger partial charge on any atom is -0.508 e. The van der Waals surface area contributed by atoms with E-state index in [9.17, 15) is 10.2 Å². The largest absolute Gasteiger partial charge is 0.508 e. The molecule has 4 rings (SSSR count). The van der Waals surface area contributed by atoms with Gasteiger partial charge in [-0.2, -0.15) is 0 Å². The number of hydrogen-bond donors (Lipinski definition) is 2. The number of nitrogens with zero attached hydrogens (tertiary/aromatic N) is 1. The van der Waals surface area contributed by atoms with E-state index in [2.05, 4.69) is 11.5 Å². The van der Waals surface area contributed by atoms with Gasteiger partial charge in [0, 0.05) is 23.6 Å². The number of fused-ring (bicyclic) bond motifs is 5. The highest BCUT2D eigenvalue weighted by Gasteiger charge is 2.24. The predicted octanol–water partition coefficient (Wildman–Crippen LogP) is 3.84. The van der Waals surface area contributed by atoms with Crippen LogP contribution in [0, 0.1) is 0 Å². The van der Waals surface area contributed by atoms with Crippen LogP contribution in [0.5, 0.6) is 11.5 Å². The van der Waals surface area contributed by atoms with Gasteiger partial charge in [0.2, 0.25) is 0 Å². The molecule has 0 saturated heterocycles. The second-order valence-electron chi connectivity index (χ2n) is 5.61. The molecule has 1 aromatic heterocycles. The van der Waals surface area contributed by atoms with Crippen LogP contribution >= 0.6 is 0 Å². The third kappa shape index (κ3) is 1.67. The molecule has 0 fully saturated rings. The topological polar surface area (TPSA) is 45.4 Å². The van der Waals surface area contributed by atoms with Crippen LogP contribution in [-0.4, -0.2) is 14.8 Å². The Labute approximate surface area is 123 Å². The van der Waals surface area contributed by atoms with E-state index in [4.69, 9.17) is 0 Å². The lowest BCUT2D eigenvalue weighted by atomic mass is 9.89. The molecule has 1 aliphatic carbocycles. The van der Waals surface area contributed by atoms with Crippen LogP contribution in [-0.2, 0) is 19.4 Å². The summed E-state index contributed by atoms with van der Waals surface area (Å²) in [6, 6.07) is 11.2. The highest BCUT2D eigenvalue weighted by atomic mass is 16.3. The molecule has 0 amide bonds. The highest BCUT2D eigenvalue weighted by Crippen LogP contribution is 2.41. The molecule has 2 N–H and O–H groups in total. The lowest BCUT2D eigenvalue weighted by molar-refractivity contribution is 0.474. The maximum atomic E-state index is 9.85. The maximum Gasteiger partial charge on any atom is 0.117 e. The summed E-state index contributed by atoms with van der Waals surface area (Å²) in [6.45, 7) is 2.95. The zero-order valence-electron chi connectivity index (χ0n) is 11.9. The number of aromatic nitrogens is 1. The minimum atomic E-state index is 0.295. The van der Waals surface area contributed by atoms with Crippen LogP contribution in [0.15, 0.2) is 36.4 Å². The van der Waals surface area contributed by atoms with Gasteiger partial charge < -0.3 is 14.8 Å². The van der Waals surface area contributed by atoms with Crippen LogP contribution in [0.25, 0.3) is 22.2 Å². The average molecular weight is 279 g/mol. The number of aromatic hydroxyl groups is 2. The Morgan fingerprint density at radius 2 is 1.76 bits per heavy atom. The lowest BCUT2D eigenvalue weighted by Crippen LogP contribution is -2.06. The molecule has 21 heavy (non-hydrogen) atoms. The third-order valence-corrected chi connectivity index (χ3v) is 4.46. The summed E-state index contributed by atoms with van der Waals surface area (Å²) in [6.07, 6.45) is 1.99. The van der Waals surface area contributed by atoms with Crippen molar-refractivity contribution in [2.45, 2.75) is 26.3 Å². The third-order valence-electron chi connectivity index (χ3n) is 4.46. The Balaban J connectivity index is 2.13. The van der Waals surface area contributed by atoms with Gasteiger partial charge in [-0.1, -0.05) is 6.07 Å². The summed E-state index contributed by atoms with van der Waals surface area (Å²) in [5, 5.41) is 20.9. The minimum absolute atomic E-state index is 0.295. The molecule has 0 atom stereocenters. The van der Waals surface area contributed by atoms with Gasteiger partial charge in [0.1, 0.15) is 11.5 Å². The summed E-state index contributed by atoms with van der Waals surface area (Å²) in [7, 11) is 0. The summed E-state index contributed by atoms with van der Waals surface area (Å²) >= 11 is 0. The van der Waals surface area contributed by atoms with Crippen molar-refractivity contribution in [3.05, 3.63) is 47.5 Å².